The van der Waals surface area contributed by atoms with Crippen LogP contribution in [-0.2, 0) is 10.0 Å². The zero-order valence-electron chi connectivity index (χ0n) is 12.6. The lowest BCUT2D eigenvalue weighted by atomic mass is 10.3. The zero-order chi connectivity index (χ0) is 15.8. The molecular weight excluding hydrogens is 292 g/mol. The van der Waals surface area contributed by atoms with Gasteiger partial charge in [0.2, 0.25) is 10.0 Å². The topological polar surface area (TPSA) is 79.6 Å². The first kappa shape index (κ1) is 16.0. The first-order valence-electron chi connectivity index (χ1n) is 7.22. The second-order valence-corrected chi connectivity index (χ2v) is 7.70. The van der Waals surface area contributed by atoms with Crippen LogP contribution in [0, 0.1) is 5.92 Å². The summed E-state index contributed by atoms with van der Waals surface area (Å²) in [7, 11) is -3.63. The number of carbonyl (C=O) groups is 1. The van der Waals surface area contributed by atoms with E-state index >= 15 is 0 Å². The Balaban J connectivity index is 2.38. The van der Waals surface area contributed by atoms with E-state index < -0.39 is 16.0 Å². The minimum absolute atomic E-state index is 0.00560. The van der Waals surface area contributed by atoms with Gasteiger partial charge in [0.05, 0.1) is 0 Å². The van der Waals surface area contributed by atoms with Gasteiger partial charge in [-0.2, -0.15) is 4.31 Å². The lowest BCUT2D eigenvalue weighted by Crippen LogP contribution is -2.32. The number of carboxylic acids is 1. The van der Waals surface area contributed by atoms with E-state index in [2.05, 4.69) is 0 Å². The Morgan fingerprint density at radius 3 is 2.48 bits per heavy atom. The standard InChI is InChI=1S/C14H22N2O4S/c1-4-15(8-11-5-6-11)21(19,20)12-7-13(14(17)18)16(9-12)10(2)3/h7,9-11H,4-6,8H2,1-3H3,(H,17,18). The van der Waals surface area contributed by atoms with Gasteiger partial charge < -0.3 is 9.67 Å². The number of nitrogens with zero attached hydrogens (tertiary/aromatic N) is 2. The van der Waals surface area contributed by atoms with Crippen LogP contribution in [0.2, 0.25) is 0 Å². The predicted octanol–water partition coefficient (Wildman–Crippen LogP) is 2.19. The molecule has 1 fully saturated rings. The van der Waals surface area contributed by atoms with Crippen molar-refractivity contribution < 1.29 is 18.3 Å². The molecule has 7 heteroatoms. The van der Waals surface area contributed by atoms with E-state index in [9.17, 15) is 18.3 Å². The molecule has 1 heterocycles. The molecule has 21 heavy (non-hydrogen) atoms. The molecule has 0 amide bonds. The lowest BCUT2D eigenvalue weighted by Gasteiger charge is -2.19. The molecule has 0 radical (unpaired) electrons. The van der Waals surface area contributed by atoms with Crippen molar-refractivity contribution in [1.29, 1.82) is 0 Å². The van der Waals surface area contributed by atoms with Crippen LogP contribution in [0.3, 0.4) is 0 Å². The Morgan fingerprint density at radius 2 is 2.10 bits per heavy atom. The molecule has 1 aliphatic carbocycles. The van der Waals surface area contributed by atoms with Gasteiger partial charge in [0.15, 0.2) is 0 Å². The highest BCUT2D eigenvalue weighted by Crippen LogP contribution is 2.32. The van der Waals surface area contributed by atoms with E-state index in [0.29, 0.717) is 19.0 Å². The molecule has 1 saturated carbocycles. The second kappa shape index (κ2) is 5.81. The molecule has 1 N–H and O–H groups in total. The molecule has 0 aliphatic heterocycles. The van der Waals surface area contributed by atoms with Gasteiger partial charge in [-0.1, -0.05) is 6.92 Å². The van der Waals surface area contributed by atoms with E-state index in [0.717, 1.165) is 12.8 Å². The molecule has 1 aromatic heterocycles. The van der Waals surface area contributed by atoms with Crippen LogP contribution < -0.4 is 0 Å². The maximum Gasteiger partial charge on any atom is 0.352 e. The summed E-state index contributed by atoms with van der Waals surface area (Å²) < 4.78 is 28.2. The first-order valence-corrected chi connectivity index (χ1v) is 8.66. The number of rotatable bonds is 7. The minimum atomic E-state index is -3.63. The highest BCUT2D eigenvalue weighted by Gasteiger charge is 2.32. The smallest absolute Gasteiger partial charge is 0.352 e. The van der Waals surface area contributed by atoms with Gasteiger partial charge in [0.25, 0.3) is 0 Å². The Labute approximate surface area is 125 Å². The van der Waals surface area contributed by atoms with E-state index in [1.54, 1.807) is 6.92 Å². The van der Waals surface area contributed by atoms with Gasteiger partial charge in [-0.15, -0.1) is 0 Å². The summed E-state index contributed by atoms with van der Waals surface area (Å²) >= 11 is 0. The molecule has 0 atom stereocenters. The number of carboxylic acid groups (broad SMARTS) is 1. The maximum atomic E-state index is 12.7. The number of hydrogen-bond donors (Lipinski definition) is 1. The normalized spacial score (nSPS) is 15.9. The van der Waals surface area contributed by atoms with Gasteiger partial charge in [-0.25, -0.2) is 13.2 Å². The van der Waals surface area contributed by atoms with E-state index in [1.165, 1.54) is 21.1 Å². The number of hydrogen-bond acceptors (Lipinski definition) is 3. The van der Waals surface area contributed by atoms with Crippen molar-refractivity contribution in [1.82, 2.24) is 8.87 Å². The van der Waals surface area contributed by atoms with Gasteiger partial charge in [0.1, 0.15) is 10.6 Å². The summed E-state index contributed by atoms with van der Waals surface area (Å²) in [6.07, 6.45) is 3.57. The summed E-state index contributed by atoms with van der Waals surface area (Å²) in [5.74, 6) is -0.666. The summed E-state index contributed by atoms with van der Waals surface area (Å²) in [4.78, 5) is 11.3. The quantitative estimate of drug-likeness (QED) is 0.836. The molecule has 0 aromatic carbocycles. The maximum absolute atomic E-state index is 12.7. The largest absolute Gasteiger partial charge is 0.477 e. The molecule has 0 spiro atoms. The third-order valence-corrected chi connectivity index (χ3v) is 5.65. The van der Waals surface area contributed by atoms with Crippen molar-refractivity contribution in [3.8, 4) is 0 Å². The highest BCUT2D eigenvalue weighted by molar-refractivity contribution is 7.89. The molecule has 0 bridgehead atoms. The molecule has 0 unspecified atom stereocenters. The average Bonchev–Trinajstić information content (AvgIpc) is 3.08. The fraction of sp³-hybridized carbons (Fsp3) is 0.643. The molecular formula is C14H22N2O4S. The molecule has 118 valence electrons. The Bertz CT molecular complexity index is 629. The van der Waals surface area contributed by atoms with Crippen molar-refractivity contribution in [3.63, 3.8) is 0 Å². The van der Waals surface area contributed by atoms with Crippen LogP contribution in [0.5, 0.6) is 0 Å². The van der Waals surface area contributed by atoms with Crippen molar-refractivity contribution in [2.45, 2.75) is 44.6 Å². The SMILES string of the molecule is CCN(CC1CC1)S(=O)(=O)c1cc(C(=O)O)n(C(C)C)c1. The molecule has 0 saturated heterocycles. The second-order valence-electron chi connectivity index (χ2n) is 5.77. The fourth-order valence-corrected chi connectivity index (χ4v) is 3.88. The summed E-state index contributed by atoms with van der Waals surface area (Å²) in [6.45, 7) is 6.37. The molecule has 6 nitrogen and oxygen atoms in total. The Kier molecular flexibility index (Phi) is 4.43. The van der Waals surface area contributed by atoms with Crippen LogP contribution in [0.1, 0.15) is 50.1 Å². The van der Waals surface area contributed by atoms with Gasteiger partial charge in [-0.3, -0.25) is 0 Å². The molecule has 1 aliphatic rings. The Hall–Kier alpha value is -1.34. The molecule has 1 aromatic rings. The van der Waals surface area contributed by atoms with Crippen molar-refractivity contribution in [3.05, 3.63) is 18.0 Å². The summed E-state index contributed by atoms with van der Waals surface area (Å²) in [5.41, 5.74) is 0.00560. The highest BCUT2D eigenvalue weighted by atomic mass is 32.2. The number of sulfonamides is 1. The zero-order valence-corrected chi connectivity index (χ0v) is 13.4. The van der Waals surface area contributed by atoms with E-state index in [-0.39, 0.29) is 16.6 Å². The summed E-state index contributed by atoms with van der Waals surface area (Å²) in [5, 5.41) is 9.22. The van der Waals surface area contributed by atoms with Crippen LogP contribution in [0.4, 0.5) is 0 Å². The van der Waals surface area contributed by atoms with Crippen LogP contribution in [0.25, 0.3) is 0 Å². The van der Waals surface area contributed by atoms with Crippen LogP contribution >= 0.6 is 0 Å². The predicted molar refractivity (Wildman–Crippen MR) is 78.9 cm³/mol. The lowest BCUT2D eigenvalue weighted by molar-refractivity contribution is 0.0683. The average molecular weight is 314 g/mol. The summed E-state index contributed by atoms with van der Waals surface area (Å²) in [6, 6.07) is 1.14. The van der Waals surface area contributed by atoms with Crippen LogP contribution in [-0.4, -0.2) is 41.5 Å². The van der Waals surface area contributed by atoms with Crippen LogP contribution in [0.15, 0.2) is 17.2 Å². The first-order chi connectivity index (χ1) is 9.77. The third-order valence-electron chi connectivity index (χ3n) is 3.75. The minimum Gasteiger partial charge on any atom is -0.477 e. The van der Waals surface area contributed by atoms with Gasteiger partial charge in [0, 0.05) is 25.3 Å². The van der Waals surface area contributed by atoms with Crippen molar-refractivity contribution in [2.75, 3.05) is 13.1 Å². The Morgan fingerprint density at radius 1 is 1.48 bits per heavy atom. The monoisotopic (exact) mass is 314 g/mol. The van der Waals surface area contributed by atoms with E-state index in [4.69, 9.17) is 0 Å². The van der Waals surface area contributed by atoms with Crippen molar-refractivity contribution >= 4 is 16.0 Å². The molecule has 2 rings (SSSR count). The van der Waals surface area contributed by atoms with Gasteiger partial charge >= 0.3 is 5.97 Å². The number of aromatic nitrogens is 1. The van der Waals surface area contributed by atoms with Gasteiger partial charge in [-0.05, 0) is 38.7 Å². The number of aromatic carboxylic acids is 1. The van der Waals surface area contributed by atoms with E-state index in [1.807, 2.05) is 13.8 Å². The van der Waals surface area contributed by atoms with Crippen molar-refractivity contribution in [2.24, 2.45) is 5.92 Å². The third kappa shape index (κ3) is 3.29. The fourth-order valence-electron chi connectivity index (χ4n) is 2.33.